The summed E-state index contributed by atoms with van der Waals surface area (Å²) in [6, 6.07) is 4.46. The van der Waals surface area contributed by atoms with Gasteiger partial charge in [-0.25, -0.2) is 0 Å². The molecular weight excluding hydrogens is 274 g/mol. The molecular formula is C18H29N3O. The molecule has 1 aromatic rings. The Morgan fingerprint density at radius 2 is 1.91 bits per heavy atom. The van der Waals surface area contributed by atoms with Crippen LogP contribution >= 0.6 is 0 Å². The van der Waals surface area contributed by atoms with Crippen molar-refractivity contribution in [3.63, 3.8) is 0 Å². The Labute approximate surface area is 133 Å². The fourth-order valence-corrected chi connectivity index (χ4v) is 3.97. The molecule has 1 saturated heterocycles. The molecule has 0 amide bonds. The zero-order valence-corrected chi connectivity index (χ0v) is 13.7. The zero-order chi connectivity index (χ0) is 15.4. The molecule has 22 heavy (non-hydrogen) atoms. The van der Waals surface area contributed by atoms with E-state index < -0.39 is 0 Å². The van der Waals surface area contributed by atoms with Gasteiger partial charge in [0, 0.05) is 37.9 Å². The van der Waals surface area contributed by atoms with Crippen molar-refractivity contribution < 1.29 is 5.11 Å². The molecule has 0 radical (unpaired) electrons. The van der Waals surface area contributed by atoms with Gasteiger partial charge in [-0.05, 0) is 63.5 Å². The maximum atomic E-state index is 9.90. The van der Waals surface area contributed by atoms with Gasteiger partial charge in [0.25, 0.3) is 0 Å². The first-order valence-corrected chi connectivity index (χ1v) is 8.82. The predicted octanol–water partition coefficient (Wildman–Crippen LogP) is 2.49. The van der Waals surface area contributed by atoms with Crippen LogP contribution in [0.2, 0.25) is 0 Å². The Bertz CT molecular complexity index is 477. The van der Waals surface area contributed by atoms with E-state index >= 15 is 0 Å². The largest absolute Gasteiger partial charge is 0.506 e. The molecule has 0 atom stereocenters. The zero-order valence-electron chi connectivity index (χ0n) is 13.7. The maximum Gasteiger partial charge on any atom is 0.137 e. The summed E-state index contributed by atoms with van der Waals surface area (Å²) in [5.74, 6) is 1.17. The van der Waals surface area contributed by atoms with Gasteiger partial charge in [-0.15, -0.1) is 0 Å². The van der Waals surface area contributed by atoms with Gasteiger partial charge in [0.2, 0.25) is 0 Å². The molecule has 0 aromatic carbocycles. The monoisotopic (exact) mass is 303 g/mol. The van der Waals surface area contributed by atoms with Crippen LogP contribution in [0.25, 0.3) is 0 Å². The Morgan fingerprint density at radius 3 is 2.64 bits per heavy atom. The van der Waals surface area contributed by atoms with Crippen LogP contribution in [0.4, 0.5) is 0 Å². The SMILES string of the molecule is Cc1ccc(O)c(CCC2CCC(N3CCNCC3)CC2)n1. The summed E-state index contributed by atoms with van der Waals surface area (Å²) in [4.78, 5) is 7.16. The van der Waals surface area contributed by atoms with Gasteiger partial charge in [-0.2, -0.15) is 0 Å². The van der Waals surface area contributed by atoms with Gasteiger partial charge in [0.15, 0.2) is 0 Å². The van der Waals surface area contributed by atoms with Gasteiger partial charge in [-0.1, -0.05) is 0 Å². The van der Waals surface area contributed by atoms with Crippen LogP contribution in [0.15, 0.2) is 12.1 Å². The van der Waals surface area contributed by atoms with Crippen LogP contribution < -0.4 is 5.32 Å². The molecule has 0 unspecified atom stereocenters. The summed E-state index contributed by atoms with van der Waals surface area (Å²) in [5.41, 5.74) is 1.87. The highest BCUT2D eigenvalue weighted by Gasteiger charge is 2.26. The molecule has 4 heteroatoms. The second-order valence-electron chi connectivity index (χ2n) is 6.92. The van der Waals surface area contributed by atoms with E-state index in [4.69, 9.17) is 0 Å². The quantitative estimate of drug-likeness (QED) is 0.897. The Kier molecular flexibility index (Phi) is 5.32. The fourth-order valence-electron chi connectivity index (χ4n) is 3.97. The van der Waals surface area contributed by atoms with E-state index in [1.807, 2.05) is 13.0 Å². The molecule has 4 nitrogen and oxygen atoms in total. The van der Waals surface area contributed by atoms with Gasteiger partial charge in [-0.3, -0.25) is 9.88 Å². The molecule has 1 aromatic heterocycles. The average Bonchev–Trinajstić information content (AvgIpc) is 2.57. The first kappa shape index (κ1) is 15.8. The molecule has 2 aliphatic rings. The number of aromatic nitrogens is 1. The molecule has 0 spiro atoms. The molecule has 2 fully saturated rings. The predicted molar refractivity (Wildman–Crippen MR) is 89.1 cm³/mol. The van der Waals surface area contributed by atoms with Gasteiger partial charge in [0.05, 0.1) is 5.69 Å². The van der Waals surface area contributed by atoms with Crippen LogP contribution in [0, 0.1) is 12.8 Å². The van der Waals surface area contributed by atoms with Crippen LogP contribution in [0.5, 0.6) is 5.75 Å². The molecule has 2 heterocycles. The lowest BCUT2D eigenvalue weighted by Gasteiger charge is -2.39. The maximum absolute atomic E-state index is 9.90. The third-order valence-corrected chi connectivity index (χ3v) is 5.36. The van der Waals surface area contributed by atoms with E-state index in [0.29, 0.717) is 5.75 Å². The summed E-state index contributed by atoms with van der Waals surface area (Å²) in [6.07, 6.45) is 7.44. The Hall–Kier alpha value is -1.13. The van der Waals surface area contributed by atoms with E-state index in [1.54, 1.807) is 6.07 Å². The number of rotatable bonds is 4. The molecule has 0 bridgehead atoms. The van der Waals surface area contributed by atoms with Crippen LogP contribution in [0.3, 0.4) is 0 Å². The Balaban J connectivity index is 1.44. The van der Waals surface area contributed by atoms with Crippen molar-refractivity contribution >= 4 is 0 Å². The van der Waals surface area contributed by atoms with Gasteiger partial charge < -0.3 is 10.4 Å². The molecule has 2 N–H and O–H groups in total. The van der Waals surface area contributed by atoms with Crippen molar-refractivity contribution in [2.24, 2.45) is 5.92 Å². The van der Waals surface area contributed by atoms with E-state index in [-0.39, 0.29) is 0 Å². The van der Waals surface area contributed by atoms with Crippen molar-refractivity contribution in [2.45, 2.75) is 51.5 Å². The number of nitrogens with one attached hydrogen (secondary N) is 1. The smallest absolute Gasteiger partial charge is 0.137 e. The lowest BCUT2D eigenvalue weighted by Crippen LogP contribution is -2.49. The van der Waals surface area contributed by atoms with Crippen molar-refractivity contribution in [1.29, 1.82) is 0 Å². The lowest BCUT2D eigenvalue weighted by atomic mass is 9.82. The van der Waals surface area contributed by atoms with Crippen LogP contribution in [0.1, 0.15) is 43.5 Å². The molecule has 1 aliphatic heterocycles. The van der Waals surface area contributed by atoms with Crippen LogP contribution in [-0.4, -0.2) is 47.2 Å². The topological polar surface area (TPSA) is 48.4 Å². The van der Waals surface area contributed by atoms with E-state index in [0.717, 1.165) is 49.3 Å². The minimum absolute atomic E-state index is 0.361. The standard InChI is InChI=1S/C18H29N3O/c1-14-2-9-18(22)17(20-14)8-5-15-3-6-16(7-4-15)21-12-10-19-11-13-21/h2,9,15-16,19,22H,3-8,10-13H2,1H3. The number of nitrogens with zero attached hydrogens (tertiary/aromatic N) is 2. The minimum Gasteiger partial charge on any atom is -0.506 e. The van der Waals surface area contributed by atoms with E-state index in [9.17, 15) is 5.11 Å². The Morgan fingerprint density at radius 1 is 1.18 bits per heavy atom. The van der Waals surface area contributed by atoms with E-state index in [2.05, 4.69) is 15.2 Å². The normalized spacial score (nSPS) is 27.0. The van der Waals surface area contributed by atoms with Gasteiger partial charge >= 0.3 is 0 Å². The minimum atomic E-state index is 0.361. The van der Waals surface area contributed by atoms with E-state index in [1.165, 1.54) is 38.8 Å². The first-order valence-electron chi connectivity index (χ1n) is 8.82. The number of piperazine rings is 1. The summed E-state index contributed by atoms with van der Waals surface area (Å²) < 4.78 is 0. The molecule has 3 rings (SSSR count). The average molecular weight is 303 g/mol. The third-order valence-electron chi connectivity index (χ3n) is 5.36. The summed E-state index contributed by atoms with van der Waals surface area (Å²) >= 11 is 0. The number of pyridine rings is 1. The summed E-state index contributed by atoms with van der Waals surface area (Å²) in [5, 5.41) is 13.3. The van der Waals surface area contributed by atoms with Crippen LogP contribution in [-0.2, 0) is 6.42 Å². The first-order chi connectivity index (χ1) is 10.7. The lowest BCUT2D eigenvalue weighted by molar-refractivity contribution is 0.120. The molecule has 1 aliphatic carbocycles. The van der Waals surface area contributed by atoms with Crippen molar-refractivity contribution in [3.05, 3.63) is 23.5 Å². The third kappa shape index (κ3) is 3.99. The van der Waals surface area contributed by atoms with Crippen molar-refractivity contribution in [3.8, 4) is 5.75 Å². The van der Waals surface area contributed by atoms with Gasteiger partial charge in [0.1, 0.15) is 5.75 Å². The number of aryl methyl sites for hydroxylation is 2. The highest BCUT2D eigenvalue weighted by molar-refractivity contribution is 5.27. The summed E-state index contributed by atoms with van der Waals surface area (Å²) in [6.45, 7) is 6.73. The number of hydrogen-bond donors (Lipinski definition) is 2. The van der Waals surface area contributed by atoms with Crippen molar-refractivity contribution in [1.82, 2.24) is 15.2 Å². The summed E-state index contributed by atoms with van der Waals surface area (Å²) in [7, 11) is 0. The second-order valence-corrected chi connectivity index (χ2v) is 6.92. The van der Waals surface area contributed by atoms with Crippen molar-refractivity contribution in [2.75, 3.05) is 26.2 Å². The molecule has 122 valence electrons. The highest BCUT2D eigenvalue weighted by Crippen LogP contribution is 2.31. The second kappa shape index (κ2) is 7.42. The highest BCUT2D eigenvalue weighted by atomic mass is 16.3. The number of aromatic hydroxyl groups is 1. The molecule has 1 saturated carbocycles. The fraction of sp³-hybridized carbons (Fsp3) is 0.722. The number of hydrogen-bond acceptors (Lipinski definition) is 4.